The zero-order valence-corrected chi connectivity index (χ0v) is 15.7. The third kappa shape index (κ3) is 5.28. The summed E-state index contributed by atoms with van der Waals surface area (Å²) in [5.41, 5.74) is 0.530. The van der Waals surface area contributed by atoms with Gasteiger partial charge in [-0.05, 0) is 41.8 Å². The van der Waals surface area contributed by atoms with Crippen LogP contribution in [-0.2, 0) is 14.6 Å². The van der Waals surface area contributed by atoms with E-state index in [1.165, 1.54) is 30.5 Å². The molecule has 7 heteroatoms. The van der Waals surface area contributed by atoms with Crippen LogP contribution in [0.25, 0.3) is 0 Å². The number of hydrogen-bond acceptors (Lipinski definition) is 4. The predicted molar refractivity (Wildman–Crippen MR) is 98.1 cm³/mol. The number of aromatic nitrogens is 1. The van der Waals surface area contributed by atoms with E-state index in [0.717, 1.165) is 0 Å². The average Bonchev–Trinajstić information content (AvgIpc) is 2.55. The van der Waals surface area contributed by atoms with Gasteiger partial charge < -0.3 is 5.32 Å². The quantitative estimate of drug-likeness (QED) is 0.798. The number of rotatable bonds is 7. The van der Waals surface area contributed by atoms with Crippen LogP contribution in [0.3, 0.4) is 0 Å². The van der Waals surface area contributed by atoms with Crippen molar-refractivity contribution in [3.05, 3.63) is 59.4 Å². The van der Waals surface area contributed by atoms with Crippen LogP contribution in [0.1, 0.15) is 31.1 Å². The van der Waals surface area contributed by atoms with E-state index in [4.69, 9.17) is 11.6 Å². The Balaban J connectivity index is 2.31. The van der Waals surface area contributed by atoms with Crippen LogP contribution in [0.4, 0.5) is 0 Å². The standard InChI is InChI=1S/C18H21ClN2O3S/c1-13(2)10-18(22)21-12-17(14-4-3-9-20-11-14)25(23,24)16-7-5-15(19)6-8-16/h3-9,11,13,17H,10,12H2,1-2H3,(H,21,22). The zero-order chi connectivity index (χ0) is 18.4. The second-order valence-electron chi connectivity index (χ2n) is 6.18. The Labute approximate surface area is 153 Å². The van der Waals surface area contributed by atoms with Gasteiger partial charge in [-0.2, -0.15) is 0 Å². The molecule has 0 spiro atoms. The second kappa shape index (κ2) is 8.45. The molecule has 1 aromatic carbocycles. The molecule has 1 heterocycles. The van der Waals surface area contributed by atoms with E-state index in [2.05, 4.69) is 10.3 Å². The summed E-state index contributed by atoms with van der Waals surface area (Å²) >= 11 is 5.85. The van der Waals surface area contributed by atoms with Gasteiger partial charge in [-0.1, -0.05) is 31.5 Å². The molecule has 0 saturated carbocycles. The largest absolute Gasteiger partial charge is 0.354 e. The Morgan fingerprint density at radius 2 is 1.88 bits per heavy atom. The van der Waals surface area contributed by atoms with Crippen molar-refractivity contribution in [2.45, 2.75) is 30.4 Å². The van der Waals surface area contributed by atoms with E-state index in [9.17, 15) is 13.2 Å². The second-order valence-corrected chi connectivity index (χ2v) is 8.74. The highest BCUT2D eigenvalue weighted by Crippen LogP contribution is 2.29. The van der Waals surface area contributed by atoms with Gasteiger partial charge in [-0.3, -0.25) is 9.78 Å². The Kier molecular flexibility index (Phi) is 6.56. The Morgan fingerprint density at radius 3 is 2.44 bits per heavy atom. The van der Waals surface area contributed by atoms with Crippen LogP contribution in [0.2, 0.25) is 5.02 Å². The number of nitrogens with one attached hydrogen (secondary N) is 1. The van der Waals surface area contributed by atoms with Crippen molar-refractivity contribution in [2.24, 2.45) is 5.92 Å². The summed E-state index contributed by atoms with van der Waals surface area (Å²) in [5.74, 6) is 0.0277. The molecule has 5 nitrogen and oxygen atoms in total. The first-order valence-electron chi connectivity index (χ1n) is 7.97. The van der Waals surface area contributed by atoms with Crippen LogP contribution in [0.5, 0.6) is 0 Å². The maximum absolute atomic E-state index is 13.1. The molecule has 134 valence electrons. The molecule has 1 N–H and O–H groups in total. The lowest BCUT2D eigenvalue weighted by Gasteiger charge is -2.19. The maximum Gasteiger partial charge on any atom is 0.220 e. The lowest BCUT2D eigenvalue weighted by atomic mass is 10.1. The Morgan fingerprint density at radius 1 is 1.20 bits per heavy atom. The smallest absolute Gasteiger partial charge is 0.220 e. The number of pyridine rings is 1. The molecular weight excluding hydrogens is 360 g/mol. The van der Waals surface area contributed by atoms with Gasteiger partial charge in [-0.15, -0.1) is 0 Å². The van der Waals surface area contributed by atoms with Gasteiger partial charge in [0.1, 0.15) is 5.25 Å². The SMILES string of the molecule is CC(C)CC(=O)NCC(c1cccnc1)S(=O)(=O)c1ccc(Cl)cc1. The first-order chi connectivity index (χ1) is 11.8. The van der Waals surface area contributed by atoms with E-state index in [1.54, 1.807) is 18.3 Å². The van der Waals surface area contributed by atoms with Crippen molar-refractivity contribution in [3.63, 3.8) is 0 Å². The van der Waals surface area contributed by atoms with Gasteiger partial charge in [0.25, 0.3) is 0 Å². The van der Waals surface area contributed by atoms with Gasteiger partial charge in [0.15, 0.2) is 9.84 Å². The van der Waals surface area contributed by atoms with Crippen LogP contribution < -0.4 is 5.32 Å². The molecule has 1 atom stereocenters. The number of halogens is 1. The Bertz CT molecular complexity index is 806. The van der Waals surface area contributed by atoms with Crippen molar-refractivity contribution in [2.75, 3.05) is 6.54 Å². The zero-order valence-electron chi connectivity index (χ0n) is 14.1. The highest BCUT2D eigenvalue weighted by molar-refractivity contribution is 7.91. The predicted octanol–water partition coefficient (Wildman–Crippen LogP) is 3.41. The first-order valence-corrected chi connectivity index (χ1v) is 9.89. The van der Waals surface area contributed by atoms with E-state index < -0.39 is 15.1 Å². The molecule has 2 rings (SSSR count). The van der Waals surface area contributed by atoms with Gasteiger partial charge in [0.2, 0.25) is 5.91 Å². The molecule has 0 aliphatic rings. The molecule has 0 aliphatic carbocycles. The number of carbonyl (C=O) groups excluding carboxylic acids is 1. The molecule has 1 amide bonds. The minimum atomic E-state index is -3.71. The fourth-order valence-electron chi connectivity index (χ4n) is 2.41. The highest BCUT2D eigenvalue weighted by Gasteiger charge is 2.29. The number of carbonyl (C=O) groups is 1. The summed E-state index contributed by atoms with van der Waals surface area (Å²) < 4.78 is 26.1. The number of amides is 1. The molecule has 0 radical (unpaired) electrons. The highest BCUT2D eigenvalue weighted by atomic mass is 35.5. The molecule has 0 aliphatic heterocycles. The summed E-state index contributed by atoms with van der Waals surface area (Å²) in [7, 11) is -3.71. The molecular formula is C18H21ClN2O3S. The van der Waals surface area contributed by atoms with Crippen molar-refractivity contribution in [1.29, 1.82) is 0 Å². The summed E-state index contributed by atoms with van der Waals surface area (Å²) in [6.07, 6.45) is 3.43. The van der Waals surface area contributed by atoms with E-state index in [0.29, 0.717) is 17.0 Å². The van der Waals surface area contributed by atoms with E-state index in [1.807, 2.05) is 13.8 Å². The van der Waals surface area contributed by atoms with Crippen LogP contribution >= 0.6 is 11.6 Å². The number of sulfone groups is 1. The topological polar surface area (TPSA) is 76.1 Å². The fraction of sp³-hybridized carbons (Fsp3) is 0.333. The lowest BCUT2D eigenvalue weighted by Crippen LogP contribution is -2.32. The number of hydrogen-bond donors (Lipinski definition) is 1. The maximum atomic E-state index is 13.1. The third-order valence-electron chi connectivity index (χ3n) is 3.65. The Hall–Kier alpha value is -1.92. The summed E-state index contributed by atoms with van der Waals surface area (Å²) in [6, 6.07) is 9.38. The molecule has 2 aromatic rings. The number of benzene rings is 1. The van der Waals surface area contributed by atoms with Crippen LogP contribution in [0.15, 0.2) is 53.7 Å². The molecule has 1 aromatic heterocycles. The monoisotopic (exact) mass is 380 g/mol. The summed E-state index contributed by atoms with van der Waals surface area (Å²) in [4.78, 5) is 16.1. The van der Waals surface area contributed by atoms with Crippen molar-refractivity contribution in [3.8, 4) is 0 Å². The van der Waals surface area contributed by atoms with Crippen molar-refractivity contribution in [1.82, 2.24) is 10.3 Å². The molecule has 0 saturated heterocycles. The first kappa shape index (κ1) is 19.4. The minimum absolute atomic E-state index is 0.0117. The minimum Gasteiger partial charge on any atom is -0.354 e. The van der Waals surface area contributed by atoms with E-state index in [-0.39, 0.29) is 23.3 Å². The number of nitrogens with zero attached hydrogens (tertiary/aromatic N) is 1. The fourth-order valence-corrected chi connectivity index (χ4v) is 4.18. The van der Waals surface area contributed by atoms with Crippen LogP contribution in [-0.4, -0.2) is 25.9 Å². The lowest BCUT2D eigenvalue weighted by molar-refractivity contribution is -0.121. The van der Waals surface area contributed by atoms with Gasteiger partial charge in [0, 0.05) is 30.4 Å². The van der Waals surface area contributed by atoms with Gasteiger partial charge >= 0.3 is 0 Å². The molecule has 1 unspecified atom stereocenters. The molecule has 0 bridgehead atoms. The summed E-state index contributed by atoms with van der Waals surface area (Å²) in [5, 5.41) is 2.27. The summed E-state index contributed by atoms with van der Waals surface area (Å²) in [6.45, 7) is 3.85. The normalized spacial score (nSPS) is 12.8. The average molecular weight is 381 g/mol. The molecule has 0 fully saturated rings. The molecule has 25 heavy (non-hydrogen) atoms. The van der Waals surface area contributed by atoms with Crippen LogP contribution in [0, 0.1) is 5.92 Å². The van der Waals surface area contributed by atoms with Crippen molar-refractivity contribution >= 4 is 27.3 Å². The van der Waals surface area contributed by atoms with Gasteiger partial charge in [-0.25, -0.2) is 8.42 Å². The third-order valence-corrected chi connectivity index (χ3v) is 6.02. The van der Waals surface area contributed by atoms with Gasteiger partial charge in [0.05, 0.1) is 4.90 Å². The van der Waals surface area contributed by atoms with E-state index >= 15 is 0 Å². The van der Waals surface area contributed by atoms with Crippen molar-refractivity contribution < 1.29 is 13.2 Å².